The monoisotopic (exact) mass is 353 g/mol. The van der Waals surface area contributed by atoms with Crippen molar-refractivity contribution in [3.63, 3.8) is 0 Å². The molecule has 0 radical (unpaired) electrons. The molecule has 0 amide bonds. The van der Waals surface area contributed by atoms with Crippen molar-refractivity contribution in [2.75, 3.05) is 19.0 Å². The Morgan fingerprint density at radius 3 is 2.60 bits per heavy atom. The Kier molecular flexibility index (Phi) is 5.46. The smallest absolute Gasteiger partial charge is 0.0747 e. The van der Waals surface area contributed by atoms with E-state index in [9.17, 15) is 0 Å². The third-order valence-electron chi connectivity index (χ3n) is 3.11. The van der Waals surface area contributed by atoms with Gasteiger partial charge >= 0.3 is 0 Å². The zero-order chi connectivity index (χ0) is 14.5. The maximum atomic E-state index is 6.20. The van der Waals surface area contributed by atoms with Crippen LogP contribution in [0.4, 0.5) is 5.69 Å². The molecular formula is C16H17BrClNO. The van der Waals surface area contributed by atoms with E-state index in [0.717, 1.165) is 20.7 Å². The van der Waals surface area contributed by atoms with Crippen molar-refractivity contribution in [1.29, 1.82) is 0 Å². The molecular weight excluding hydrogens is 338 g/mol. The molecule has 2 aromatic rings. The molecule has 0 aromatic heterocycles. The molecule has 2 nitrogen and oxygen atoms in total. The van der Waals surface area contributed by atoms with Crippen molar-refractivity contribution < 1.29 is 4.74 Å². The minimum atomic E-state index is 0.0799. The van der Waals surface area contributed by atoms with Gasteiger partial charge in [-0.1, -0.05) is 41.9 Å². The van der Waals surface area contributed by atoms with Crippen LogP contribution in [0.1, 0.15) is 17.2 Å². The first-order chi connectivity index (χ1) is 9.61. The SMILES string of the molecule is COCC(Nc1cc(Cl)c(C)cc1Br)c1ccccc1. The fraction of sp³-hybridized carbons (Fsp3) is 0.250. The van der Waals surface area contributed by atoms with Crippen molar-refractivity contribution in [2.45, 2.75) is 13.0 Å². The van der Waals surface area contributed by atoms with Gasteiger partial charge in [-0.15, -0.1) is 0 Å². The van der Waals surface area contributed by atoms with Crippen molar-refractivity contribution in [1.82, 2.24) is 0 Å². The van der Waals surface area contributed by atoms with Crippen LogP contribution in [0, 0.1) is 6.92 Å². The third kappa shape index (κ3) is 3.75. The van der Waals surface area contributed by atoms with Crippen molar-refractivity contribution in [3.05, 3.63) is 63.1 Å². The van der Waals surface area contributed by atoms with Gasteiger partial charge in [0.2, 0.25) is 0 Å². The van der Waals surface area contributed by atoms with Crippen LogP contribution >= 0.6 is 27.5 Å². The predicted octanol–water partition coefficient (Wildman–Crippen LogP) is 5.21. The van der Waals surface area contributed by atoms with Crippen LogP contribution in [-0.2, 0) is 4.74 Å². The summed E-state index contributed by atoms with van der Waals surface area (Å²) in [5.41, 5.74) is 3.19. The van der Waals surface area contributed by atoms with Crippen LogP contribution in [0.5, 0.6) is 0 Å². The van der Waals surface area contributed by atoms with Crippen LogP contribution < -0.4 is 5.32 Å². The first kappa shape index (κ1) is 15.4. The van der Waals surface area contributed by atoms with E-state index in [0.29, 0.717) is 6.61 Å². The topological polar surface area (TPSA) is 21.3 Å². The quantitative estimate of drug-likeness (QED) is 0.795. The van der Waals surface area contributed by atoms with E-state index in [4.69, 9.17) is 16.3 Å². The summed E-state index contributed by atoms with van der Waals surface area (Å²) in [6, 6.07) is 14.3. The minimum Gasteiger partial charge on any atom is -0.382 e. The van der Waals surface area contributed by atoms with Crippen LogP contribution in [0.2, 0.25) is 5.02 Å². The fourth-order valence-electron chi connectivity index (χ4n) is 2.02. The molecule has 0 spiro atoms. The number of methoxy groups -OCH3 is 1. The van der Waals surface area contributed by atoms with Gasteiger partial charge in [0.25, 0.3) is 0 Å². The van der Waals surface area contributed by atoms with Gasteiger partial charge in [0.1, 0.15) is 0 Å². The Bertz CT molecular complexity index is 574. The zero-order valence-corrected chi connectivity index (χ0v) is 13.8. The zero-order valence-electron chi connectivity index (χ0n) is 11.5. The number of halogens is 2. The average molecular weight is 355 g/mol. The number of hydrogen-bond donors (Lipinski definition) is 1. The Balaban J connectivity index is 2.27. The second-order valence-corrected chi connectivity index (χ2v) is 5.91. The van der Waals surface area contributed by atoms with Crippen LogP contribution in [0.25, 0.3) is 0 Å². The number of rotatable bonds is 5. The molecule has 0 bridgehead atoms. The van der Waals surface area contributed by atoms with Gasteiger partial charge in [0, 0.05) is 16.6 Å². The Labute approximate surface area is 133 Å². The second kappa shape index (κ2) is 7.11. The predicted molar refractivity (Wildman–Crippen MR) is 88.6 cm³/mol. The molecule has 0 saturated heterocycles. The fourth-order valence-corrected chi connectivity index (χ4v) is 2.75. The maximum Gasteiger partial charge on any atom is 0.0747 e. The largest absolute Gasteiger partial charge is 0.382 e. The first-order valence-corrected chi connectivity index (χ1v) is 7.55. The summed E-state index contributed by atoms with van der Waals surface area (Å²) in [7, 11) is 1.70. The average Bonchev–Trinajstić information content (AvgIpc) is 2.45. The lowest BCUT2D eigenvalue weighted by Crippen LogP contribution is -2.16. The minimum absolute atomic E-state index is 0.0799. The Morgan fingerprint density at radius 1 is 1.25 bits per heavy atom. The summed E-state index contributed by atoms with van der Waals surface area (Å²) in [5.74, 6) is 0. The van der Waals surface area contributed by atoms with Gasteiger partial charge in [0.05, 0.1) is 18.3 Å². The number of aryl methyl sites for hydroxylation is 1. The summed E-state index contributed by atoms with van der Waals surface area (Å²) in [5, 5.41) is 4.23. The van der Waals surface area contributed by atoms with Crippen molar-refractivity contribution in [2.24, 2.45) is 0 Å². The van der Waals surface area contributed by atoms with Crippen LogP contribution in [0.15, 0.2) is 46.9 Å². The van der Waals surface area contributed by atoms with Gasteiger partial charge in [-0.05, 0) is 46.1 Å². The lowest BCUT2D eigenvalue weighted by molar-refractivity contribution is 0.186. The van der Waals surface area contributed by atoms with E-state index in [1.54, 1.807) is 7.11 Å². The number of benzene rings is 2. The highest BCUT2D eigenvalue weighted by atomic mass is 79.9. The Hall–Kier alpha value is -1.03. The molecule has 0 saturated carbocycles. The standard InChI is InChI=1S/C16H17BrClNO/c1-11-8-13(17)15(9-14(11)18)19-16(10-20-2)12-6-4-3-5-7-12/h3-9,16,19H,10H2,1-2H3. The first-order valence-electron chi connectivity index (χ1n) is 6.38. The summed E-state index contributed by atoms with van der Waals surface area (Å²) < 4.78 is 6.31. The molecule has 20 heavy (non-hydrogen) atoms. The van der Waals surface area contributed by atoms with E-state index in [-0.39, 0.29) is 6.04 Å². The normalized spacial score (nSPS) is 12.2. The van der Waals surface area contributed by atoms with Crippen molar-refractivity contribution >= 4 is 33.2 Å². The molecule has 4 heteroatoms. The highest BCUT2D eigenvalue weighted by Gasteiger charge is 2.13. The summed E-state index contributed by atoms with van der Waals surface area (Å²) in [6.07, 6.45) is 0. The lowest BCUT2D eigenvalue weighted by Gasteiger charge is -2.21. The van der Waals surface area contributed by atoms with Crippen LogP contribution in [-0.4, -0.2) is 13.7 Å². The van der Waals surface area contributed by atoms with E-state index >= 15 is 0 Å². The number of hydrogen-bond acceptors (Lipinski definition) is 2. The highest BCUT2D eigenvalue weighted by Crippen LogP contribution is 2.31. The highest BCUT2D eigenvalue weighted by molar-refractivity contribution is 9.10. The molecule has 1 unspecified atom stereocenters. The lowest BCUT2D eigenvalue weighted by atomic mass is 10.1. The van der Waals surface area contributed by atoms with Gasteiger partial charge < -0.3 is 10.1 Å². The molecule has 2 aromatic carbocycles. The molecule has 0 fully saturated rings. The van der Waals surface area contributed by atoms with Gasteiger partial charge in [-0.3, -0.25) is 0 Å². The van der Waals surface area contributed by atoms with Gasteiger partial charge in [-0.25, -0.2) is 0 Å². The summed E-state index contributed by atoms with van der Waals surface area (Å²) in [4.78, 5) is 0. The second-order valence-electron chi connectivity index (χ2n) is 4.64. The third-order valence-corrected chi connectivity index (χ3v) is 4.18. The molecule has 1 atom stereocenters. The molecule has 2 rings (SSSR count). The molecule has 0 aliphatic carbocycles. The van der Waals surface area contributed by atoms with E-state index in [2.05, 4.69) is 33.4 Å². The van der Waals surface area contributed by atoms with Crippen LogP contribution in [0.3, 0.4) is 0 Å². The van der Waals surface area contributed by atoms with E-state index in [1.807, 2.05) is 37.3 Å². The number of anilines is 1. The molecule has 106 valence electrons. The Morgan fingerprint density at radius 2 is 1.95 bits per heavy atom. The summed E-state index contributed by atoms with van der Waals surface area (Å²) in [6.45, 7) is 2.57. The molecule has 0 aliphatic heterocycles. The summed E-state index contributed by atoms with van der Waals surface area (Å²) >= 11 is 9.77. The van der Waals surface area contributed by atoms with Crippen molar-refractivity contribution in [3.8, 4) is 0 Å². The van der Waals surface area contributed by atoms with E-state index in [1.165, 1.54) is 5.56 Å². The number of nitrogens with one attached hydrogen (secondary N) is 1. The maximum absolute atomic E-state index is 6.20. The molecule has 0 heterocycles. The number of ether oxygens (including phenoxy) is 1. The van der Waals surface area contributed by atoms with Gasteiger partial charge in [0.15, 0.2) is 0 Å². The molecule has 0 aliphatic rings. The van der Waals surface area contributed by atoms with Gasteiger partial charge in [-0.2, -0.15) is 0 Å². The van der Waals surface area contributed by atoms with E-state index < -0.39 is 0 Å². The molecule has 1 N–H and O–H groups in total.